The first-order valence-corrected chi connectivity index (χ1v) is 12.3. The van der Waals surface area contributed by atoms with Crippen LogP contribution >= 0.6 is 23.5 Å². The van der Waals surface area contributed by atoms with Crippen LogP contribution in [0.25, 0.3) is 0 Å². The van der Waals surface area contributed by atoms with Gasteiger partial charge in [-0.3, -0.25) is 4.79 Å². The summed E-state index contributed by atoms with van der Waals surface area (Å²) in [7, 11) is 0. The number of aliphatic hydroxyl groups is 2. The van der Waals surface area contributed by atoms with Crippen molar-refractivity contribution in [2.45, 2.75) is 50.4 Å². The fourth-order valence-electron chi connectivity index (χ4n) is 4.17. The number of fused-ring (bicyclic) bond motifs is 3. The highest BCUT2D eigenvalue weighted by Gasteiger charge is 2.62. The van der Waals surface area contributed by atoms with Crippen molar-refractivity contribution in [3.05, 3.63) is 11.6 Å². The minimum Gasteiger partial charge on any atom is -0.459 e. The standard InChI is InChI=1S/C20H30O7S2/c1-20-6-2-3-13(11-25-19(24)29-10-8-22)4-5-14-15(12-28-9-7-21)18(23)26-16(14)17(20)27-20/h3,14-17,21-22H,2,4-12H2,1H3/b13-3+/t14-,15?,16-,17-,20+/m0/s1. The van der Waals surface area contributed by atoms with Crippen molar-refractivity contribution in [3.8, 4) is 0 Å². The largest absolute Gasteiger partial charge is 0.459 e. The number of thioether (sulfide) groups is 2. The average molecular weight is 447 g/mol. The van der Waals surface area contributed by atoms with E-state index in [0.29, 0.717) is 17.3 Å². The lowest BCUT2D eigenvalue weighted by Crippen LogP contribution is -2.31. The number of hydrogen-bond donors (Lipinski definition) is 2. The topological polar surface area (TPSA) is 106 Å². The zero-order valence-electron chi connectivity index (χ0n) is 16.7. The molecule has 2 saturated heterocycles. The van der Waals surface area contributed by atoms with Gasteiger partial charge < -0.3 is 24.4 Å². The van der Waals surface area contributed by atoms with E-state index >= 15 is 0 Å². The molecule has 3 rings (SSSR count). The normalized spacial score (nSPS) is 35.7. The maximum Gasteiger partial charge on any atom is 0.367 e. The number of hydrogen-bond acceptors (Lipinski definition) is 9. The smallest absolute Gasteiger partial charge is 0.367 e. The number of rotatable bonds is 8. The molecule has 2 N–H and O–H groups in total. The Labute approximate surface area is 179 Å². The second-order valence-electron chi connectivity index (χ2n) is 7.87. The summed E-state index contributed by atoms with van der Waals surface area (Å²) in [6.45, 7) is 2.33. The van der Waals surface area contributed by atoms with Crippen LogP contribution in [0.2, 0.25) is 0 Å². The molecular weight excluding hydrogens is 416 g/mol. The molecule has 2 fully saturated rings. The second-order valence-corrected chi connectivity index (χ2v) is 10.1. The summed E-state index contributed by atoms with van der Waals surface area (Å²) in [5.41, 5.74) is 0.772. The molecular formula is C20H30O7S2. The molecule has 2 heterocycles. The minimum atomic E-state index is -0.384. The predicted octanol–water partition coefficient (Wildman–Crippen LogP) is 2.39. The van der Waals surface area contributed by atoms with Crippen molar-refractivity contribution in [2.24, 2.45) is 11.8 Å². The molecule has 0 aromatic rings. The third-order valence-electron chi connectivity index (χ3n) is 5.83. The van der Waals surface area contributed by atoms with Gasteiger partial charge in [-0.25, -0.2) is 4.79 Å². The quantitative estimate of drug-likeness (QED) is 0.252. The van der Waals surface area contributed by atoms with Crippen LogP contribution in [-0.2, 0) is 19.0 Å². The van der Waals surface area contributed by atoms with Crippen LogP contribution in [0.3, 0.4) is 0 Å². The van der Waals surface area contributed by atoms with E-state index < -0.39 is 0 Å². The van der Waals surface area contributed by atoms with E-state index in [1.807, 2.05) is 0 Å². The molecule has 2 aliphatic heterocycles. The monoisotopic (exact) mass is 446 g/mol. The molecule has 7 nitrogen and oxygen atoms in total. The maximum absolute atomic E-state index is 12.5. The van der Waals surface area contributed by atoms with Crippen LogP contribution in [0.4, 0.5) is 4.79 Å². The highest BCUT2D eigenvalue weighted by Crippen LogP contribution is 2.50. The van der Waals surface area contributed by atoms with Gasteiger partial charge in [-0.05, 0) is 49.9 Å². The van der Waals surface area contributed by atoms with Gasteiger partial charge in [0.25, 0.3) is 0 Å². The zero-order chi connectivity index (χ0) is 20.9. The fourth-order valence-corrected chi connectivity index (χ4v) is 5.51. The van der Waals surface area contributed by atoms with E-state index in [4.69, 9.17) is 24.4 Å². The zero-order valence-corrected chi connectivity index (χ0v) is 18.3. The van der Waals surface area contributed by atoms with Crippen LogP contribution in [-0.4, -0.2) is 76.4 Å². The molecule has 29 heavy (non-hydrogen) atoms. The predicted molar refractivity (Wildman–Crippen MR) is 112 cm³/mol. The van der Waals surface area contributed by atoms with Gasteiger partial charge in [-0.15, -0.1) is 0 Å². The van der Waals surface area contributed by atoms with Crippen LogP contribution in [0.5, 0.6) is 0 Å². The molecule has 5 atom stereocenters. The van der Waals surface area contributed by atoms with Gasteiger partial charge in [0.15, 0.2) is 0 Å². The summed E-state index contributed by atoms with van der Waals surface area (Å²) in [4.78, 5) is 24.3. The fraction of sp³-hybridized carbons (Fsp3) is 0.800. The molecule has 1 aliphatic carbocycles. The molecule has 1 unspecified atom stereocenters. The van der Waals surface area contributed by atoms with E-state index in [0.717, 1.165) is 43.0 Å². The minimum absolute atomic E-state index is 0.0491. The maximum atomic E-state index is 12.5. The number of esters is 1. The Bertz CT molecular complexity index is 626. The summed E-state index contributed by atoms with van der Waals surface area (Å²) in [5, 5.41) is 17.5. The molecule has 9 heteroatoms. The number of carbonyl (C=O) groups excluding carboxylic acids is 2. The lowest BCUT2D eigenvalue weighted by atomic mass is 9.81. The Hall–Kier alpha value is -0.740. The first kappa shape index (κ1) is 22.9. The van der Waals surface area contributed by atoms with Crippen molar-refractivity contribution >= 4 is 34.8 Å². The number of ether oxygens (including phenoxy) is 3. The van der Waals surface area contributed by atoms with Gasteiger partial charge in [0.1, 0.15) is 18.8 Å². The SMILES string of the molecule is C[C@@]12CC/C=C(/COC(=O)SCCO)CC[C@H]3C(CSCCO)C(=O)O[C@@H]3[C@@H]1O2. The Morgan fingerprint density at radius 2 is 2.14 bits per heavy atom. The highest BCUT2D eigenvalue weighted by molar-refractivity contribution is 8.13. The molecule has 164 valence electrons. The molecule has 0 amide bonds. The molecule has 0 spiro atoms. The molecule has 0 aromatic carbocycles. The number of aliphatic hydroxyl groups excluding tert-OH is 2. The van der Waals surface area contributed by atoms with Gasteiger partial charge >= 0.3 is 11.3 Å². The number of allylic oxidation sites excluding steroid dienone is 1. The van der Waals surface area contributed by atoms with Crippen molar-refractivity contribution < 1.29 is 34.0 Å². The van der Waals surface area contributed by atoms with Gasteiger partial charge in [-0.1, -0.05) is 6.08 Å². The summed E-state index contributed by atoms with van der Waals surface area (Å²) in [6, 6.07) is 0. The third kappa shape index (κ3) is 5.91. The van der Waals surface area contributed by atoms with Crippen LogP contribution in [0, 0.1) is 11.8 Å². The van der Waals surface area contributed by atoms with Crippen molar-refractivity contribution in [2.75, 3.05) is 37.1 Å². The van der Waals surface area contributed by atoms with E-state index in [-0.39, 0.29) is 60.7 Å². The van der Waals surface area contributed by atoms with Crippen LogP contribution in [0.1, 0.15) is 32.6 Å². The average Bonchev–Trinajstić information content (AvgIpc) is 3.27. The Morgan fingerprint density at radius 3 is 2.90 bits per heavy atom. The van der Waals surface area contributed by atoms with Gasteiger partial charge in [0.05, 0.1) is 24.7 Å². The van der Waals surface area contributed by atoms with Crippen molar-refractivity contribution in [1.29, 1.82) is 0 Å². The number of carbonyl (C=O) groups is 2. The Morgan fingerprint density at radius 1 is 1.34 bits per heavy atom. The second kappa shape index (κ2) is 10.5. The van der Waals surface area contributed by atoms with Gasteiger partial charge in [0.2, 0.25) is 0 Å². The van der Waals surface area contributed by atoms with Crippen LogP contribution in [0.15, 0.2) is 11.6 Å². The first-order chi connectivity index (χ1) is 14.0. The molecule has 0 aromatic heterocycles. The van der Waals surface area contributed by atoms with Crippen molar-refractivity contribution in [3.63, 3.8) is 0 Å². The van der Waals surface area contributed by atoms with E-state index in [1.54, 1.807) is 11.8 Å². The van der Waals surface area contributed by atoms with E-state index in [9.17, 15) is 9.59 Å². The van der Waals surface area contributed by atoms with Crippen LogP contribution < -0.4 is 0 Å². The lowest BCUT2D eigenvalue weighted by Gasteiger charge is -2.22. The molecule has 0 saturated carbocycles. The summed E-state index contributed by atoms with van der Waals surface area (Å²) >= 11 is 2.54. The molecule has 0 bridgehead atoms. The highest BCUT2D eigenvalue weighted by atomic mass is 32.2. The molecule has 0 radical (unpaired) electrons. The Kier molecular flexibility index (Phi) is 8.32. The van der Waals surface area contributed by atoms with E-state index in [1.165, 1.54) is 0 Å². The first-order valence-electron chi connectivity index (χ1n) is 10.1. The summed E-state index contributed by atoms with van der Waals surface area (Å²) < 4.78 is 17.1. The lowest BCUT2D eigenvalue weighted by molar-refractivity contribution is -0.144. The van der Waals surface area contributed by atoms with E-state index in [2.05, 4.69) is 13.0 Å². The Balaban J connectivity index is 1.65. The number of epoxide rings is 1. The van der Waals surface area contributed by atoms with Gasteiger partial charge in [-0.2, -0.15) is 11.8 Å². The van der Waals surface area contributed by atoms with Gasteiger partial charge in [0, 0.05) is 23.2 Å². The summed E-state index contributed by atoms with van der Waals surface area (Å²) in [5.74, 6) is 1.25. The summed E-state index contributed by atoms with van der Waals surface area (Å²) in [6.07, 6.45) is 5.01. The van der Waals surface area contributed by atoms with Crippen molar-refractivity contribution in [1.82, 2.24) is 0 Å². The molecule has 3 aliphatic rings. The third-order valence-corrected chi connectivity index (χ3v) is 7.63.